The molecule has 0 atom stereocenters. The van der Waals surface area contributed by atoms with Crippen molar-refractivity contribution in [1.82, 2.24) is 19.4 Å². The first-order chi connectivity index (χ1) is 8.69. The number of carbonyl (C=O) groups is 1. The van der Waals surface area contributed by atoms with Crippen LogP contribution < -0.4 is 0 Å². The van der Waals surface area contributed by atoms with Gasteiger partial charge < -0.3 is 0 Å². The quantitative estimate of drug-likeness (QED) is 0.792. The summed E-state index contributed by atoms with van der Waals surface area (Å²) >= 11 is 7.14. The van der Waals surface area contributed by atoms with Crippen LogP contribution in [-0.4, -0.2) is 25.2 Å². The molecule has 0 aliphatic rings. The molecule has 0 N–H and O–H groups in total. The third kappa shape index (κ3) is 2.30. The van der Waals surface area contributed by atoms with Crippen LogP contribution >= 0.6 is 23.1 Å². The Morgan fingerprint density at radius 3 is 2.94 bits per heavy atom. The van der Waals surface area contributed by atoms with Crippen LogP contribution in [0.4, 0.5) is 0 Å². The molecule has 0 aromatic carbocycles. The summed E-state index contributed by atoms with van der Waals surface area (Å²) in [6.45, 7) is 4.55. The second-order valence-electron chi connectivity index (χ2n) is 3.78. The monoisotopic (exact) mass is 284 g/mol. The SMILES string of the molecule is CCCc1nnsc1C(=O)c1c(Cl)cnn1CC. The van der Waals surface area contributed by atoms with Crippen molar-refractivity contribution >= 4 is 28.9 Å². The molecule has 0 radical (unpaired) electrons. The maximum Gasteiger partial charge on any atom is 0.226 e. The van der Waals surface area contributed by atoms with E-state index in [4.69, 9.17) is 11.6 Å². The van der Waals surface area contributed by atoms with E-state index >= 15 is 0 Å². The van der Waals surface area contributed by atoms with Crippen molar-refractivity contribution in [3.8, 4) is 0 Å². The number of hydrogen-bond acceptors (Lipinski definition) is 5. The highest BCUT2D eigenvalue weighted by Gasteiger charge is 2.23. The van der Waals surface area contributed by atoms with Crippen molar-refractivity contribution in [1.29, 1.82) is 0 Å². The van der Waals surface area contributed by atoms with Crippen LogP contribution in [0.25, 0.3) is 0 Å². The Bertz CT molecular complexity index is 563. The van der Waals surface area contributed by atoms with Crippen LogP contribution in [0.15, 0.2) is 6.20 Å². The first-order valence-corrected chi connectivity index (χ1v) is 6.91. The number of halogens is 1. The minimum Gasteiger partial charge on any atom is -0.286 e. The molecule has 2 rings (SSSR count). The highest BCUT2D eigenvalue weighted by Crippen LogP contribution is 2.23. The van der Waals surface area contributed by atoms with Crippen LogP contribution in [0, 0.1) is 0 Å². The summed E-state index contributed by atoms with van der Waals surface area (Å²) in [5, 5.41) is 8.44. The molecule has 7 heteroatoms. The fourth-order valence-corrected chi connectivity index (χ4v) is 2.59. The molecular formula is C11H13ClN4OS. The van der Waals surface area contributed by atoms with Gasteiger partial charge in [0.2, 0.25) is 5.78 Å². The first kappa shape index (κ1) is 13.2. The van der Waals surface area contributed by atoms with E-state index in [1.165, 1.54) is 6.20 Å². The number of carbonyl (C=O) groups excluding carboxylic acids is 1. The second-order valence-corrected chi connectivity index (χ2v) is 4.95. The maximum absolute atomic E-state index is 12.4. The Morgan fingerprint density at radius 2 is 2.28 bits per heavy atom. The van der Waals surface area contributed by atoms with E-state index in [1.54, 1.807) is 4.68 Å². The van der Waals surface area contributed by atoms with Crippen molar-refractivity contribution in [2.45, 2.75) is 33.2 Å². The fraction of sp³-hybridized carbons (Fsp3) is 0.455. The second kappa shape index (κ2) is 5.58. The summed E-state index contributed by atoms with van der Waals surface area (Å²) in [5.41, 5.74) is 1.16. The lowest BCUT2D eigenvalue weighted by molar-refractivity contribution is 0.103. The highest BCUT2D eigenvalue weighted by molar-refractivity contribution is 7.08. The number of ketones is 1. The number of rotatable bonds is 5. The maximum atomic E-state index is 12.4. The van der Waals surface area contributed by atoms with Crippen LogP contribution in [0.3, 0.4) is 0 Å². The summed E-state index contributed by atoms with van der Waals surface area (Å²) < 4.78 is 5.45. The Hall–Kier alpha value is -1.27. The van der Waals surface area contributed by atoms with E-state index in [0.29, 0.717) is 22.1 Å². The van der Waals surface area contributed by atoms with Crippen molar-refractivity contribution in [3.05, 3.63) is 27.5 Å². The van der Waals surface area contributed by atoms with Gasteiger partial charge in [-0.15, -0.1) is 5.10 Å². The zero-order valence-corrected chi connectivity index (χ0v) is 11.8. The van der Waals surface area contributed by atoms with Crippen molar-refractivity contribution < 1.29 is 4.79 Å². The van der Waals surface area contributed by atoms with Crippen LogP contribution in [0.1, 0.15) is 41.3 Å². The molecule has 0 aliphatic carbocycles. The summed E-state index contributed by atoms with van der Waals surface area (Å²) in [6.07, 6.45) is 3.16. The molecule has 0 saturated carbocycles. The molecular weight excluding hydrogens is 272 g/mol. The summed E-state index contributed by atoms with van der Waals surface area (Å²) in [4.78, 5) is 13.0. The summed E-state index contributed by atoms with van der Waals surface area (Å²) in [5.74, 6) is -0.141. The predicted molar refractivity (Wildman–Crippen MR) is 70.2 cm³/mol. The van der Waals surface area contributed by atoms with Gasteiger partial charge in [-0.3, -0.25) is 9.48 Å². The average molecular weight is 285 g/mol. The van der Waals surface area contributed by atoms with Crippen LogP contribution in [0.5, 0.6) is 0 Å². The molecule has 2 heterocycles. The third-order valence-electron chi connectivity index (χ3n) is 2.56. The van der Waals surface area contributed by atoms with Gasteiger partial charge in [0.15, 0.2) is 0 Å². The van der Waals surface area contributed by atoms with Gasteiger partial charge >= 0.3 is 0 Å². The van der Waals surface area contributed by atoms with Gasteiger partial charge in [-0.05, 0) is 24.9 Å². The van der Waals surface area contributed by atoms with Gasteiger partial charge in [-0.2, -0.15) is 5.10 Å². The van der Waals surface area contributed by atoms with E-state index in [9.17, 15) is 4.79 Å². The van der Waals surface area contributed by atoms with Gasteiger partial charge in [-0.1, -0.05) is 29.4 Å². The third-order valence-corrected chi connectivity index (χ3v) is 3.60. The molecule has 0 unspecified atom stereocenters. The van der Waals surface area contributed by atoms with E-state index < -0.39 is 0 Å². The first-order valence-electron chi connectivity index (χ1n) is 5.76. The van der Waals surface area contributed by atoms with Crippen molar-refractivity contribution in [2.75, 3.05) is 0 Å². The fourth-order valence-electron chi connectivity index (χ4n) is 1.72. The highest BCUT2D eigenvalue weighted by atomic mass is 35.5. The van der Waals surface area contributed by atoms with Gasteiger partial charge in [0, 0.05) is 6.54 Å². The Morgan fingerprint density at radius 1 is 1.50 bits per heavy atom. The van der Waals surface area contributed by atoms with Crippen molar-refractivity contribution in [2.24, 2.45) is 0 Å². The van der Waals surface area contributed by atoms with E-state index in [1.807, 2.05) is 13.8 Å². The molecule has 5 nitrogen and oxygen atoms in total. The largest absolute Gasteiger partial charge is 0.286 e. The van der Waals surface area contributed by atoms with Crippen molar-refractivity contribution in [3.63, 3.8) is 0 Å². The molecule has 96 valence electrons. The smallest absolute Gasteiger partial charge is 0.226 e. The Balaban J connectivity index is 2.41. The van der Waals surface area contributed by atoms with Gasteiger partial charge in [-0.25, -0.2) is 0 Å². The molecule has 2 aromatic heterocycles. The van der Waals surface area contributed by atoms with E-state index in [0.717, 1.165) is 30.1 Å². The molecule has 0 bridgehead atoms. The van der Waals surface area contributed by atoms with E-state index in [2.05, 4.69) is 14.7 Å². The number of nitrogens with zero attached hydrogens (tertiary/aromatic N) is 4. The lowest BCUT2D eigenvalue weighted by Crippen LogP contribution is -2.11. The minimum atomic E-state index is -0.141. The molecule has 0 spiro atoms. The van der Waals surface area contributed by atoms with Crippen LogP contribution in [-0.2, 0) is 13.0 Å². The van der Waals surface area contributed by atoms with Gasteiger partial charge in [0.1, 0.15) is 10.6 Å². The molecule has 0 aliphatic heterocycles. The van der Waals surface area contributed by atoms with Crippen LogP contribution in [0.2, 0.25) is 5.02 Å². The number of hydrogen-bond donors (Lipinski definition) is 0. The van der Waals surface area contributed by atoms with E-state index in [-0.39, 0.29) is 5.78 Å². The average Bonchev–Trinajstić information content (AvgIpc) is 2.95. The zero-order valence-electron chi connectivity index (χ0n) is 10.2. The molecule has 0 saturated heterocycles. The van der Waals surface area contributed by atoms with Gasteiger partial charge in [0.05, 0.1) is 16.9 Å². The molecule has 0 fully saturated rings. The summed E-state index contributed by atoms with van der Waals surface area (Å²) in [6, 6.07) is 0. The molecule has 0 amide bonds. The normalized spacial score (nSPS) is 10.8. The standard InChI is InChI=1S/C11H13ClN4OS/c1-3-5-8-11(18-15-14-8)10(17)9-7(12)6-13-16(9)4-2/h6H,3-5H2,1-2H3. The predicted octanol–water partition coefficient (Wildman–Crippen LogP) is 2.59. The van der Waals surface area contributed by atoms with Gasteiger partial charge in [0.25, 0.3) is 0 Å². The lowest BCUT2D eigenvalue weighted by Gasteiger charge is -2.03. The summed E-state index contributed by atoms with van der Waals surface area (Å²) in [7, 11) is 0. The zero-order chi connectivity index (χ0) is 13.1. The Labute approximate surface area is 114 Å². The molecule has 2 aromatic rings. The topological polar surface area (TPSA) is 60.7 Å². The number of aryl methyl sites for hydroxylation is 2. The minimum absolute atomic E-state index is 0.141. The Kier molecular flexibility index (Phi) is 4.08. The lowest BCUT2D eigenvalue weighted by atomic mass is 10.1. The number of aromatic nitrogens is 4. The molecule has 18 heavy (non-hydrogen) atoms.